The molecule has 0 aromatic carbocycles. The molecule has 0 bridgehead atoms. The zero-order chi connectivity index (χ0) is 29.1. The first kappa shape index (κ1) is 34.9. The second-order valence-electron chi connectivity index (χ2n) is 11.8. The number of nitrogens with one attached hydrogen (secondary N) is 2. The molecular weight excluding hydrogens is 496 g/mol. The molecule has 9 nitrogen and oxygen atoms in total. The molecule has 3 amide bonds. The molecule has 39 heavy (non-hydrogen) atoms. The topological polar surface area (TPSA) is 131 Å². The Kier molecular flexibility index (Phi) is 17.7. The van der Waals surface area contributed by atoms with E-state index in [0.29, 0.717) is 19.4 Å². The summed E-state index contributed by atoms with van der Waals surface area (Å²) in [4.78, 5) is 52.6. The summed E-state index contributed by atoms with van der Waals surface area (Å²) in [7, 11) is 0. The predicted molar refractivity (Wildman–Crippen MR) is 155 cm³/mol. The molecule has 0 saturated carbocycles. The Bertz CT molecular complexity index is 737. The van der Waals surface area contributed by atoms with E-state index in [1.807, 2.05) is 0 Å². The number of unbranched alkanes of at least 4 members (excludes halogenated alkanes) is 10. The monoisotopic (exact) mass is 552 g/mol. The summed E-state index contributed by atoms with van der Waals surface area (Å²) >= 11 is 0. The molecule has 4 N–H and O–H groups in total. The van der Waals surface area contributed by atoms with Crippen LogP contribution < -0.4 is 16.4 Å². The highest BCUT2D eigenvalue weighted by atomic mass is 16.6. The Balaban J connectivity index is 2.48. The molecule has 2 unspecified atom stereocenters. The maximum Gasteiger partial charge on any atom is 0.306 e. The van der Waals surface area contributed by atoms with Crippen LogP contribution in [0, 0.1) is 0 Å². The summed E-state index contributed by atoms with van der Waals surface area (Å²) in [5.74, 6) is -1.18. The van der Waals surface area contributed by atoms with E-state index in [9.17, 15) is 19.2 Å². The molecule has 1 aliphatic rings. The average Bonchev–Trinajstić information content (AvgIpc) is 3.37. The van der Waals surface area contributed by atoms with Gasteiger partial charge in [0.1, 0.15) is 17.7 Å². The van der Waals surface area contributed by atoms with Crippen LogP contribution in [0.1, 0.15) is 130 Å². The first-order valence-electron chi connectivity index (χ1n) is 15.4. The summed E-state index contributed by atoms with van der Waals surface area (Å²) in [5, 5.41) is 5.48. The van der Waals surface area contributed by atoms with Crippen LogP contribution in [0.2, 0.25) is 0 Å². The van der Waals surface area contributed by atoms with Gasteiger partial charge in [-0.1, -0.05) is 71.1 Å². The van der Waals surface area contributed by atoms with Crippen molar-refractivity contribution in [3.05, 3.63) is 0 Å². The second-order valence-corrected chi connectivity index (χ2v) is 11.8. The van der Waals surface area contributed by atoms with Crippen LogP contribution in [0.4, 0.5) is 0 Å². The molecule has 1 heterocycles. The fourth-order valence-corrected chi connectivity index (χ4v) is 4.93. The number of nitrogens with two attached hydrogens (primary N) is 1. The van der Waals surface area contributed by atoms with E-state index >= 15 is 0 Å². The van der Waals surface area contributed by atoms with Crippen LogP contribution in [0.3, 0.4) is 0 Å². The molecule has 226 valence electrons. The lowest BCUT2D eigenvalue weighted by atomic mass is 10.0. The number of carbonyl (C=O) groups excluding carboxylic acids is 4. The van der Waals surface area contributed by atoms with Gasteiger partial charge in [0.25, 0.3) is 0 Å². The van der Waals surface area contributed by atoms with Crippen molar-refractivity contribution in [2.24, 2.45) is 5.73 Å². The van der Waals surface area contributed by atoms with Crippen molar-refractivity contribution >= 4 is 23.7 Å². The predicted octanol–water partition coefficient (Wildman–Crippen LogP) is 4.36. The molecule has 1 rings (SSSR count). The number of amides is 3. The van der Waals surface area contributed by atoms with Gasteiger partial charge in [-0.05, 0) is 46.5 Å². The van der Waals surface area contributed by atoms with E-state index in [4.69, 9.17) is 10.5 Å². The Hall–Kier alpha value is -2.16. The van der Waals surface area contributed by atoms with Crippen molar-refractivity contribution in [1.82, 2.24) is 15.5 Å². The second kappa shape index (κ2) is 19.8. The van der Waals surface area contributed by atoms with E-state index < -0.39 is 29.6 Å². The highest BCUT2D eigenvalue weighted by molar-refractivity contribution is 5.92. The minimum absolute atomic E-state index is 0.00135. The van der Waals surface area contributed by atoms with E-state index in [2.05, 4.69) is 17.6 Å². The van der Waals surface area contributed by atoms with Crippen molar-refractivity contribution in [1.29, 1.82) is 0 Å². The SMILES string of the molecule is CCCCCCCCCCCCCC(=O)N1CCCC1C(=O)NC(CCC(=O)OC(C)(C)C)C(=O)NCCN. The van der Waals surface area contributed by atoms with Gasteiger partial charge in [-0.25, -0.2) is 0 Å². The van der Waals surface area contributed by atoms with E-state index in [-0.39, 0.29) is 37.7 Å². The Morgan fingerprint density at radius 2 is 1.51 bits per heavy atom. The number of nitrogens with zero attached hydrogens (tertiary/aromatic N) is 1. The average molecular weight is 553 g/mol. The third-order valence-electron chi connectivity index (χ3n) is 7.00. The summed E-state index contributed by atoms with van der Waals surface area (Å²) in [6.07, 6.45) is 15.3. The third-order valence-corrected chi connectivity index (χ3v) is 7.00. The molecule has 0 aliphatic carbocycles. The van der Waals surface area contributed by atoms with Crippen molar-refractivity contribution < 1.29 is 23.9 Å². The first-order chi connectivity index (χ1) is 18.6. The van der Waals surface area contributed by atoms with Gasteiger partial charge in [0.2, 0.25) is 17.7 Å². The van der Waals surface area contributed by atoms with Gasteiger partial charge in [-0.15, -0.1) is 0 Å². The van der Waals surface area contributed by atoms with Gasteiger partial charge in [0.05, 0.1) is 0 Å². The first-order valence-corrected chi connectivity index (χ1v) is 15.4. The molecular formula is C30H56N4O5. The number of likely N-dealkylation sites (tertiary alicyclic amines) is 1. The molecule has 2 atom stereocenters. The van der Waals surface area contributed by atoms with Gasteiger partial charge >= 0.3 is 5.97 Å². The summed E-state index contributed by atoms with van der Waals surface area (Å²) in [5.41, 5.74) is 4.87. The van der Waals surface area contributed by atoms with E-state index in [0.717, 1.165) is 25.7 Å². The molecule has 0 spiro atoms. The Labute approximate surface area is 236 Å². The highest BCUT2D eigenvalue weighted by Crippen LogP contribution is 2.21. The summed E-state index contributed by atoms with van der Waals surface area (Å²) in [6, 6.07) is -1.49. The van der Waals surface area contributed by atoms with E-state index in [1.165, 1.54) is 51.4 Å². The molecule has 1 aliphatic heterocycles. The lowest BCUT2D eigenvalue weighted by molar-refractivity contribution is -0.155. The van der Waals surface area contributed by atoms with Crippen LogP contribution >= 0.6 is 0 Å². The van der Waals surface area contributed by atoms with Crippen LogP contribution in [-0.2, 0) is 23.9 Å². The number of rotatable bonds is 20. The van der Waals surface area contributed by atoms with Gasteiger partial charge < -0.3 is 26.0 Å². The van der Waals surface area contributed by atoms with E-state index in [1.54, 1.807) is 25.7 Å². The molecule has 0 radical (unpaired) electrons. The lowest BCUT2D eigenvalue weighted by Crippen LogP contribution is -2.53. The standard InChI is InChI=1S/C30H56N4O5/c1-5-6-7-8-9-10-11-12-13-14-15-18-26(35)34-23-16-17-25(34)29(38)33-24(28(37)32-22-21-31)19-20-27(36)39-30(2,3)4/h24-25H,5-23,31H2,1-4H3,(H,32,37)(H,33,38). The molecule has 1 saturated heterocycles. The van der Waals surface area contributed by atoms with Crippen molar-refractivity contribution in [2.45, 2.75) is 148 Å². The zero-order valence-electron chi connectivity index (χ0n) is 25.2. The quantitative estimate of drug-likeness (QED) is 0.152. The summed E-state index contributed by atoms with van der Waals surface area (Å²) in [6.45, 7) is 8.66. The molecule has 1 fully saturated rings. The van der Waals surface area contributed by atoms with Gasteiger partial charge in [-0.3, -0.25) is 19.2 Å². The number of hydrogen-bond acceptors (Lipinski definition) is 6. The van der Waals surface area contributed by atoms with Gasteiger partial charge in [-0.2, -0.15) is 0 Å². The van der Waals surface area contributed by atoms with Crippen molar-refractivity contribution in [2.75, 3.05) is 19.6 Å². The van der Waals surface area contributed by atoms with Crippen LogP contribution in [0.25, 0.3) is 0 Å². The van der Waals surface area contributed by atoms with Crippen molar-refractivity contribution in [3.63, 3.8) is 0 Å². The molecule has 0 aromatic heterocycles. The lowest BCUT2D eigenvalue weighted by Gasteiger charge is -2.27. The number of ether oxygens (including phenoxy) is 1. The smallest absolute Gasteiger partial charge is 0.306 e. The third kappa shape index (κ3) is 15.9. The van der Waals surface area contributed by atoms with Gasteiger partial charge in [0, 0.05) is 32.5 Å². The van der Waals surface area contributed by atoms with Crippen LogP contribution in [-0.4, -0.2) is 65.9 Å². The maximum atomic E-state index is 13.2. The molecule has 0 aromatic rings. The summed E-state index contributed by atoms with van der Waals surface area (Å²) < 4.78 is 5.34. The Morgan fingerprint density at radius 1 is 0.923 bits per heavy atom. The Morgan fingerprint density at radius 3 is 2.08 bits per heavy atom. The normalized spacial score (nSPS) is 16.1. The molecule has 9 heteroatoms. The van der Waals surface area contributed by atoms with Gasteiger partial charge in [0.15, 0.2) is 0 Å². The fourth-order valence-electron chi connectivity index (χ4n) is 4.93. The maximum absolute atomic E-state index is 13.2. The zero-order valence-corrected chi connectivity index (χ0v) is 25.2. The number of hydrogen-bond donors (Lipinski definition) is 3. The number of carbonyl (C=O) groups is 4. The van der Waals surface area contributed by atoms with Crippen molar-refractivity contribution in [3.8, 4) is 0 Å². The largest absolute Gasteiger partial charge is 0.460 e. The van der Waals surface area contributed by atoms with Crippen LogP contribution in [0.15, 0.2) is 0 Å². The number of esters is 1. The highest BCUT2D eigenvalue weighted by Gasteiger charge is 2.35. The minimum atomic E-state index is -0.902. The fraction of sp³-hybridized carbons (Fsp3) is 0.867. The minimum Gasteiger partial charge on any atom is -0.460 e. The van der Waals surface area contributed by atoms with Crippen LogP contribution in [0.5, 0.6) is 0 Å².